The first-order chi connectivity index (χ1) is 13.2. The molecule has 3 rings (SSSR count). The Hall–Kier alpha value is -1.78. The molecule has 0 spiro atoms. The SMILES string of the molecule is COCCNC(=O)c1nn2c(c1Cl)N[C@H](c1ccc(Br)cc1)C[C@H]2C(F)(F)F. The molecule has 2 aromatic rings. The molecule has 0 bridgehead atoms. The molecule has 2 heterocycles. The minimum atomic E-state index is -4.55. The molecule has 2 N–H and O–H groups in total. The molecular weight excluding hydrogens is 465 g/mol. The van der Waals surface area contributed by atoms with E-state index in [2.05, 4.69) is 31.7 Å². The van der Waals surface area contributed by atoms with E-state index in [1.54, 1.807) is 24.3 Å². The van der Waals surface area contributed by atoms with E-state index in [9.17, 15) is 18.0 Å². The summed E-state index contributed by atoms with van der Waals surface area (Å²) in [6, 6.07) is 4.42. The van der Waals surface area contributed by atoms with E-state index in [-0.39, 0.29) is 36.1 Å². The summed E-state index contributed by atoms with van der Waals surface area (Å²) in [6.45, 7) is 0.442. The zero-order chi connectivity index (χ0) is 20.5. The normalized spacial score (nSPS) is 19.1. The highest BCUT2D eigenvalue weighted by atomic mass is 79.9. The summed E-state index contributed by atoms with van der Waals surface area (Å²) >= 11 is 9.54. The van der Waals surface area contributed by atoms with Crippen molar-refractivity contribution in [3.05, 3.63) is 45.0 Å². The van der Waals surface area contributed by atoms with Gasteiger partial charge in [0.1, 0.15) is 10.8 Å². The Balaban J connectivity index is 1.96. The average molecular weight is 482 g/mol. The van der Waals surface area contributed by atoms with Crippen molar-refractivity contribution in [1.29, 1.82) is 0 Å². The quantitative estimate of drug-likeness (QED) is 0.624. The lowest BCUT2D eigenvalue weighted by Crippen LogP contribution is -2.36. The molecule has 0 radical (unpaired) electrons. The van der Waals surface area contributed by atoms with Crippen LogP contribution in [0.15, 0.2) is 28.7 Å². The molecule has 0 saturated heterocycles. The summed E-state index contributed by atoms with van der Waals surface area (Å²) in [5.74, 6) is -0.688. The molecule has 0 unspecified atom stereocenters. The van der Waals surface area contributed by atoms with Crippen LogP contribution in [0.3, 0.4) is 0 Å². The fraction of sp³-hybridized carbons (Fsp3) is 0.412. The third-order valence-corrected chi connectivity index (χ3v) is 5.26. The van der Waals surface area contributed by atoms with Crippen molar-refractivity contribution in [2.24, 2.45) is 0 Å². The van der Waals surface area contributed by atoms with Gasteiger partial charge in [0, 0.05) is 24.5 Å². The molecule has 11 heteroatoms. The number of aromatic nitrogens is 2. The van der Waals surface area contributed by atoms with Gasteiger partial charge in [-0.2, -0.15) is 18.3 Å². The molecule has 1 aromatic carbocycles. The van der Waals surface area contributed by atoms with Gasteiger partial charge in [0.05, 0.1) is 12.6 Å². The van der Waals surface area contributed by atoms with Gasteiger partial charge in [0.15, 0.2) is 11.7 Å². The zero-order valence-electron chi connectivity index (χ0n) is 14.7. The number of carbonyl (C=O) groups excluding carboxylic acids is 1. The molecule has 6 nitrogen and oxygen atoms in total. The second-order valence-electron chi connectivity index (χ2n) is 6.25. The molecule has 2 atom stereocenters. The van der Waals surface area contributed by atoms with E-state index in [1.165, 1.54) is 7.11 Å². The Labute approximate surface area is 172 Å². The van der Waals surface area contributed by atoms with Crippen molar-refractivity contribution < 1.29 is 22.7 Å². The second kappa shape index (κ2) is 8.30. The number of rotatable bonds is 5. The molecule has 1 aliphatic rings. The van der Waals surface area contributed by atoms with Crippen molar-refractivity contribution in [3.8, 4) is 0 Å². The van der Waals surface area contributed by atoms with Gasteiger partial charge in [-0.3, -0.25) is 4.79 Å². The van der Waals surface area contributed by atoms with E-state index < -0.39 is 24.2 Å². The third-order valence-electron chi connectivity index (χ3n) is 4.37. The lowest BCUT2D eigenvalue weighted by molar-refractivity contribution is -0.173. The number of nitrogens with zero attached hydrogens (tertiary/aromatic N) is 2. The predicted molar refractivity (Wildman–Crippen MR) is 102 cm³/mol. The smallest absolute Gasteiger partial charge is 0.383 e. The standard InChI is InChI=1S/C17H17BrClF3N4O2/c1-28-7-6-23-16(27)14-13(19)15-24-11(9-2-4-10(18)5-3-9)8-12(17(20,21)22)26(15)25-14/h2-5,11-12,24H,6-8H2,1H3,(H,23,27)/t11-,12-/m0/s1. The van der Waals surface area contributed by atoms with Crippen LogP contribution in [0.4, 0.5) is 19.0 Å². The van der Waals surface area contributed by atoms with Crippen LogP contribution in [0.5, 0.6) is 0 Å². The monoisotopic (exact) mass is 480 g/mol. The summed E-state index contributed by atoms with van der Waals surface area (Å²) in [7, 11) is 1.47. The van der Waals surface area contributed by atoms with Gasteiger partial charge >= 0.3 is 6.18 Å². The highest BCUT2D eigenvalue weighted by Gasteiger charge is 2.47. The van der Waals surface area contributed by atoms with Crippen molar-refractivity contribution in [2.75, 3.05) is 25.6 Å². The fourth-order valence-corrected chi connectivity index (χ4v) is 3.53. The van der Waals surface area contributed by atoms with Crippen LogP contribution in [0, 0.1) is 0 Å². The first-order valence-electron chi connectivity index (χ1n) is 8.36. The maximum Gasteiger partial charge on any atom is 0.410 e. The van der Waals surface area contributed by atoms with Gasteiger partial charge in [-0.15, -0.1) is 0 Å². The van der Waals surface area contributed by atoms with E-state index in [4.69, 9.17) is 16.3 Å². The summed E-state index contributed by atoms with van der Waals surface area (Å²) in [6.07, 6.45) is -4.83. The van der Waals surface area contributed by atoms with Crippen LogP contribution in [0.1, 0.15) is 34.6 Å². The molecule has 28 heavy (non-hydrogen) atoms. The highest BCUT2D eigenvalue weighted by molar-refractivity contribution is 9.10. The molecule has 152 valence electrons. The Kier molecular flexibility index (Phi) is 6.21. The Bertz CT molecular complexity index is 857. The lowest BCUT2D eigenvalue weighted by atomic mass is 9.97. The number of halogens is 5. The van der Waals surface area contributed by atoms with Crippen molar-refractivity contribution >= 4 is 39.3 Å². The number of carbonyl (C=O) groups is 1. The van der Waals surface area contributed by atoms with Crippen molar-refractivity contribution in [1.82, 2.24) is 15.1 Å². The number of amides is 1. The van der Waals surface area contributed by atoms with E-state index in [0.29, 0.717) is 5.56 Å². The van der Waals surface area contributed by atoms with E-state index >= 15 is 0 Å². The molecule has 0 aliphatic carbocycles. The Morgan fingerprint density at radius 3 is 2.71 bits per heavy atom. The van der Waals surface area contributed by atoms with Gasteiger partial charge < -0.3 is 15.4 Å². The molecule has 0 saturated carbocycles. The zero-order valence-corrected chi connectivity index (χ0v) is 17.0. The second-order valence-corrected chi connectivity index (χ2v) is 7.54. The van der Waals surface area contributed by atoms with Crippen LogP contribution in [-0.4, -0.2) is 42.1 Å². The van der Waals surface area contributed by atoms with Crippen LogP contribution in [0.25, 0.3) is 0 Å². The van der Waals surface area contributed by atoms with E-state index in [0.717, 1.165) is 9.15 Å². The molecule has 0 fully saturated rings. The maximum atomic E-state index is 13.7. The van der Waals surface area contributed by atoms with Gasteiger partial charge in [0.2, 0.25) is 0 Å². The predicted octanol–water partition coefficient (Wildman–Crippen LogP) is 4.34. The van der Waals surface area contributed by atoms with E-state index in [1.807, 2.05) is 0 Å². The summed E-state index contributed by atoms with van der Waals surface area (Å²) in [5, 5.41) is 9.22. The number of fused-ring (bicyclic) bond motifs is 1. The maximum absolute atomic E-state index is 13.7. The minimum Gasteiger partial charge on any atom is -0.383 e. The first kappa shape index (κ1) is 20.9. The van der Waals surface area contributed by atoms with Gasteiger partial charge in [0.25, 0.3) is 5.91 Å². The summed E-state index contributed by atoms with van der Waals surface area (Å²) in [5.41, 5.74) is 0.415. The number of methoxy groups -OCH3 is 1. The number of ether oxygens (including phenoxy) is 1. The number of hydrogen-bond acceptors (Lipinski definition) is 4. The summed E-state index contributed by atoms with van der Waals surface area (Å²) < 4.78 is 47.5. The van der Waals surface area contributed by atoms with Crippen molar-refractivity contribution in [2.45, 2.75) is 24.7 Å². The Morgan fingerprint density at radius 2 is 2.11 bits per heavy atom. The van der Waals surface area contributed by atoms with Crippen LogP contribution in [0.2, 0.25) is 5.02 Å². The molecule has 1 amide bonds. The van der Waals surface area contributed by atoms with Crippen LogP contribution < -0.4 is 10.6 Å². The van der Waals surface area contributed by atoms with Crippen molar-refractivity contribution in [3.63, 3.8) is 0 Å². The minimum absolute atomic E-state index is 0.0277. The Morgan fingerprint density at radius 1 is 1.43 bits per heavy atom. The molecule has 1 aromatic heterocycles. The number of benzene rings is 1. The molecule has 1 aliphatic heterocycles. The topological polar surface area (TPSA) is 68.2 Å². The number of alkyl halides is 3. The van der Waals surface area contributed by atoms with Crippen LogP contribution in [-0.2, 0) is 4.74 Å². The van der Waals surface area contributed by atoms with Gasteiger partial charge in [-0.05, 0) is 17.7 Å². The highest BCUT2D eigenvalue weighted by Crippen LogP contribution is 2.46. The number of nitrogens with one attached hydrogen (secondary N) is 2. The van der Waals surface area contributed by atoms with Gasteiger partial charge in [-0.1, -0.05) is 39.7 Å². The first-order valence-corrected chi connectivity index (χ1v) is 9.53. The number of anilines is 1. The summed E-state index contributed by atoms with van der Waals surface area (Å²) in [4.78, 5) is 12.3. The van der Waals surface area contributed by atoms with Gasteiger partial charge in [-0.25, -0.2) is 4.68 Å². The largest absolute Gasteiger partial charge is 0.410 e. The lowest BCUT2D eigenvalue weighted by Gasteiger charge is -2.33. The van der Waals surface area contributed by atoms with Crippen LogP contribution >= 0.6 is 27.5 Å². The third kappa shape index (κ3) is 4.28. The molecular formula is C17H17BrClF3N4O2. The number of hydrogen-bond donors (Lipinski definition) is 2. The average Bonchev–Trinajstić information content (AvgIpc) is 2.98. The fourth-order valence-electron chi connectivity index (χ4n) is 3.00.